The highest BCUT2D eigenvalue weighted by Crippen LogP contribution is 2.17. The van der Waals surface area contributed by atoms with Crippen LogP contribution in [0.5, 0.6) is 0 Å². The molecule has 0 saturated heterocycles. The second-order valence-corrected chi connectivity index (χ2v) is 6.06. The highest BCUT2D eigenvalue weighted by molar-refractivity contribution is 7.90. The maximum atomic E-state index is 13.4. The Balaban J connectivity index is 2.73. The molecule has 1 aromatic carbocycles. The number of nitrogens with one attached hydrogen (secondary N) is 1. The topological polar surface area (TPSA) is 72.2 Å². The van der Waals surface area contributed by atoms with E-state index in [1.54, 1.807) is 13.0 Å². The van der Waals surface area contributed by atoms with Crippen molar-refractivity contribution in [2.24, 2.45) is 0 Å². The smallest absolute Gasteiger partial charge is 0.149 e. The van der Waals surface area contributed by atoms with E-state index >= 15 is 0 Å². The molecule has 0 saturated carbocycles. The highest BCUT2D eigenvalue weighted by atomic mass is 32.2. The van der Waals surface area contributed by atoms with Gasteiger partial charge in [-0.3, -0.25) is 0 Å². The van der Waals surface area contributed by atoms with E-state index in [4.69, 9.17) is 5.73 Å². The Hall–Kier alpha value is -1.30. The molecule has 0 aliphatic rings. The minimum absolute atomic E-state index is 0.0448. The quantitative estimate of drug-likeness (QED) is 0.784. The van der Waals surface area contributed by atoms with Crippen LogP contribution in [0.25, 0.3) is 0 Å². The molecule has 6 heteroatoms. The third-order valence-electron chi connectivity index (χ3n) is 1.95. The van der Waals surface area contributed by atoms with Crippen LogP contribution in [0.4, 0.5) is 15.8 Å². The zero-order valence-corrected chi connectivity index (χ0v) is 10.0. The summed E-state index contributed by atoms with van der Waals surface area (Å²) in [5, 5.41) is 2.78. The molecule has 1 atom stereocenters. The van der Waals surface area contributed by atoms with Gasteiger partial charge in [0.1, 0.15) is 15.7 Å². The molecule has 0 fully saturated rings. The lowest BCUT2D eigenvalue weighted by Crippen LogP contribution is -2.25. The maximum Gasteiger partial charge on any atom is 0.149 e. The molecule has 0 bridgehead atoms. The molecular weight excluding hydrogens is 231 g/mol. The molecule has 0 radical (unpaired) electrons. The number of hydrogen-bond acceptors (Lipinski definition) is 4. The van der Waals surface area contributed by atoms with Gasteiger partial charge in [0.2, 0.25) is 0 Å². The number of benzene rings is 1. The van der Waals surface area contributed by atoms with Gasteiger partial charge in [-0.2, -0.15) is 0 Å². The third kappa shape index (κ3) is 4.06. The average Bonchev–Trinajstić information content (AvgIpc) is 2.06. The molecule has 0 aromatic heterocycles. The number of halogens is 1. The van der Waals surface area contributed by atoms with Gasteiger partial charge in [0.05, 0.1) is 11.4 Å². The van der Waals surface area contributed by atoms with Crippen LogP contribution in [0.1, 0.15) is 6.92 Å². The van der Waals surface area contributed by atoms with Crippen molar-refractivity contribution in [2.75, 3.05) is 23.1 Å². The molecule has 1 rings (SSSR count). The minimum Gasteiger partial charge on any atom is -0.399 e. The van der Waals surface area contributed by atoms with Gasteiger partial charge >= 0.3 is 0 Å². The van der Waals surface area contributed by atoms with Crippen molar-refractivity contribution < 1.29 is 12.8 Å². The lowest BCUT2D eigenvalue weighted by Gasteiger charge is -2.14. The van der Waals surface area contributed by atoms with Gasteiger partial charge in [-0.05, 0) is 25.1 Å². The zero-order chi connectivity index (χ0) is 12.3. The van der Waals surface area contributed by atoms with E-state index in [0.717, 1.165) is 6.26 Å². The van der Waals surface area contributed by atoms with E-state index in [-0.39, 0.29) is 17.5 Å². The monoisotopic (exact) mass is 246 g/mol. The van der Waals surface area contributed by atoms with Gasteiger partial charge in [0.15, 0.2) is 0 Å². The first-order valence-electron chi connectivity index (χ1n) is 4.77. The van der Waals surface area contributed by atoms with Gasteiger partial charge in [-0.25, -0.2) is 12.8 Å². The van der Waals surface area contributed by atoms with Crippen LogP contribution in [0.2, 0.25) is 0 Å². The summed E-state index contributed by atoms with van der Waals surface area (Å²) >= 11 is 0. The second-order valence-electron chi connectivity index (χ2n) is 3.88. The summed E-state index contributed by atoms with van der Waals surface area (Å²) in [4.78, 5) is 0. The van der Waals surface area contributed by atoms with E-state index in [2.05, 4.69) is 5.32 Å². The molecule has 1 aromatic rings. The van der Waals surface area contributed by atoms with E-state index in [0.29, 0.717) is 5.69 Å². The number of nitrogen functional groups attached to an aromatic ring is 1. The van der Waals surface area contributed by atoms with Crippen LogP contribution in [-0.2, 0) is 9.84 Å². The molecular formula is C10H15FN2O2S. The van der Waals surface area contributed by atoms with Crippen molar-refractivity contribution in [1.82, 2.24) is 0 Å². The zero-order valence-electron chi connectivity index (χ0n) is 9.20. The van der Waals surface area contributed by atoms with Gasteiger partial charge in [-0.15, -0.1) is 0 Å². The normalized spacial score (nSPS) is 13.4. The van der Waals surface area contributed by atoms with E-state index in [9.17, 15) is 12.8 Å². The van der Waals surface area contributed by atoms with E-state index in [1.165, 1.54) is 12.1 Å². The van der Waals surface area contributed by atoms with Crippen molar-refractivity contribution in [2.45, 2.75) is 13.0 Å². The van der Waals surface area contributed by atoms with Crippen molar-refractivity contribution in [3.8, 4) is 0 Å². The average molecular weight is 246 g/mol. The van der Waals surface area contributed by atoms with Crippen molar-refractivity contribution in [3.63, 3.8) is 0 Å². The Morgan fingerprint density at radius 2 is 2.12 bits per heavy atom. The van der Waals surface area contributed by atoms with Crippen LogP contribution in [0.3, 0.4) is 0 Å². The predicted molar refractivity (Wildman–Crippen MR) is 63.6 cm³/mol. The van der Waals surface area contributed by atoms with Crippen LogP contribution in [0.15, 0.2) is 18.2 Å². The Morgan fingerprint density at radius 1 is 1.50 bits per heavy atom. The summed E-state index contributed by atoms with van der Waals surface area (Å²) in [5.41, 5.74) is 5.98. The molecule has 4 nitrogen and oxygen atoms in total. The van der Waals surface area contributed by atoms with Gasteiger partial charge in [0, 0.05) is 18.0 Å². The fraction of sp³-hybridized carbons (Fsp3) is 0.400. The fourth-order valence-corrected chi connectivity index (χ4v) is 2.40. The van der Waals surface area contributed by atoms with Crippen molar-refractivity contribution in [1.29, 1.82) is 0 Å². The number of nitrogens with two attached hydrogens (primary N) is 1. The summed E-state index contributed by atoms with van der Waals surface area (Å²) in [7, 11) is -3.07. The SMILES string of the molecule is CC(CS(C)(=O)=O)Nc1ccc(N)cc1F. The summed E-state index contributed by atoms with van der Waals surface area (Å²) < 4.78 is 35.4. The summed E-state index contributed by atoms with van der Waals surface area (Å²) in [6.45, 7) is 1.68. The molecule has 0 aliphatic carbocycles. The van der Waals surface area contributed by atoms with E-state index in [1.807, 2.05) is 0 Å². The fourth-order valence-electron chi connectivity index (χ4n) is 1.41. The highest BCUT2D eigenvalue weighted by Gasteiger charge is 2.12. The Kier molecular flexibility index (Phi) is 3.74. The molecule has 16 heavy (non-hydrogen) atoms. The molecule has 0 amide bonds. The third-order valence-corrected chi connectivity index (χ3v) is 3.05. The number of rotatable bonds is 4. The number of anilines is 2. The Morgan fingerprint density at radius 3 is 2.62 bits per heavy atom. The van der Waals surface area contributed by atoms with Gasteiger partial charge in [-0.1, -0.05) is 0 Å². The number of sulfone groups is 1. The van der Waals surface area contributed by atoms with Crippen molar-refractivity contribution >= 4 is 21.2 Å². The van der Waals surface area contributed by atoms with Gasteiger partial charge in [0.25, 0.3) is 0 Å². The maximum absolute atomic E-state index is 13.4. The van der Waals surface area contributed by atoms with Crippen LogP contribution in [-0.4, -0.2) is 26.5 Å². The van der Waals surface area contributed by atoms with Crippen molar-refractivity contribution in [3.05, 3.63) is 24.0 Å². The Bertz CT molecular complexity index is 474. The van der Waals surface area contributed by atoms with Crippen LogP contribution in [0, 0.1) is 5.82 Å². The van der Waals surface area contributed by atoms with E-state index < -0.39 is 15.7 Å². The lowest BCUT2D eigenvalue weighted by molar-refractivity contribution is 0.596. The summed E-state index contributed by atoms with van der Waals surface area (Å²) in [6.07, 6.45) is 1.14. The summed E-state index contributed by atoms with van der Waals surface area (Å²) in [6, 6.07) is 3.88. The number of hydrogen-bond donors (Lipinski definition) is 2. The second kappa shape index (κ2) is 4.69. The predicted octanol–water partition coefficient (Wildman–Crippen LogP) is 1.25. The largest absolute Gasteiger partial charge is 0.399 e. The minimum atomic E-state index is -3.07. The lowest BCUT2D eigenvalue weighted by atomic mass is 10.2. The molecule has 1 unspecified atom stereocenters. The Labute approximate surface area is 94.6 Å². The van der Waals surface area contributed by atoms with Crippen LogP contribution >= 0.6 is 0 Å². The van der Waals surface area contributed by atoms with Gasteiger partial charge < -0.3 is 11.1 Å². The molecule has 0 spiro atoms. The first kappa shape index (κ1) is 12.8. The van der Waals surface area contributed by atoms with Crippen LogP contribution < -0.4 is 11.1 Å². The molecule has 0 heterocycles. The first-order valence-corrected chi connectivity index (χ1v) is 6.83. The first-order chi connectivity index (χ1) is 7.28. The molecule has 3 N–H and O–H groups in total. The standard InChI is InChI=1S/C10H15FN2O2S/c1-7(6-16(2,14)15)13-10-4-3-8(12)5-9(10)11/h3-5,7,13H,6,12H2,1-2H3. The summed E-state index contributed by atoms with van der Waals surface area (Å²) in [5.74, 6) is -0.531. The molecule has 90 valence electrons. The molecule has 0 aliphatic heterocycles.